The van der Waals surface area contributed by atoms with E-state index in [0.717, 1.165) is 0 Å². The predicted molar refractivity (Wildman–Crippen MR) is 31.4 cm³/mol. The van der Waals surface area contributed by atoms with E-state index >= 15 is 0 Å². The average molecular weight is 128 g/mol. The van der Waals surface area contributed by atoms with E-state index < -0.39 is 0 Å². The van der Waals surface area contributed by atoms with Gasteiger partial charge in [0.05, 0.1) is 0 Å². The first-order chi connectivity index (χ1) is 4.22. The van der Waals surface area contributed by atoms with Gasteiger partial charge in [-0.15, -0.1) is 0 Å². The van der Waals surface area contributed by atoms with Crippen LogP contribution in [0.15, 0.2) is 0 Å². The van der Waals surface area contributed by atoms with Crippen molar-refractivity contribution in [3.63, 3.8) is 0 Å². The van der Waals surface area contributed by atoms with Crippen molar-refractivity contribution in [2.24, 2.45) is 12.9 Å². The first-order valence-electron chi connectivity index (χ1n) is 2.42. The number of nitrogens with two attached hydrogens (primary N) is 1. The number of hydrogen-bond donors (Lipinski definition) is 1. The lowest BCUT2D eigenvalue weighted by atomic mass is 10.9. The van der Waals surface area contributed by atoms with Crippen LogP contribution in [0.25, 0.3) is 0 Å². The third-order valence-electron chi connectivity index (χ3n) is 0.913. The fourth-order valence-electron chi connectivity index (χ4n) is 0.524. The number of aryl methyl sites for hydroxylation is 1. The highest BCUT2D eigenvalue weighted by molar-refractivity contribution is 5.21. The van der Waals surface area contributed by atoms with Crippen LogP contribution < -0.4 is 10.9 Å². The van der Waals surface area contributed by atoms with Gasteiger partial charge in [-0.2, -0.15) is 0 Å². The van der Waals surface area contributed by atoms with Crippen LogP contribution in [-0.4, -0.2) is 27.3 Å². The number of nitrogens with zero attached hydrogens (tertiary/aromatic N) is 5. The van der Waals surface area contributed by atoms with Gasteiger partial charge in [-0.05, 0) is 10.4 Å². The minimum absolute atomic E-state index is 0.537. The minimum atomic E-state index is 0.537. The van der Waals surface area contributed by atoms with Gasteiger partial charge >= 0.3 is 0 Å². The van der Waals surface area contributed by atoms with Crippen LogP contribution in [0.5, 0.6) is 0 Å². The van der Waals surface area contributed by atoms with Gasteiger partial charge in [0.15, 0.2) is 0 Å². The van der Waals surface area contributed by atoms with Crippen molar-refractivity contribution in [1.29, 1.82) is 0 Å². The summed E-state index contributed by atoms with van der Waals surface area (Å²) in [7, 11) is 3.39. The zero-order valence-electron chi connectivity index (χ0n) is 5.31. The number of anilines is 1. The van der Waals surface area contributed by atoms with Crippen LogP contribution in [0.4, 0.5) is 5.95 Å². The smallest absolute Gasteiger partial charge is 0.259 e. The molecule has 1 heterocycles. The van der Waals surface area contributed by atoms with E-state index in [2.05, 4.69) is 15.5 Å². The van der Waals surface area contributed by atoms with E-state index in [4.69, 9.17) is 5.84 Å². The molecule has 0 fully saturated rings. The highest BCUT2D eigenvalue weighted by Gasteiger charge is 2.01. The van der Waals surface area contributed by atoms with Crippen molar-refractivity contribution in [3.8, 4) is 0 Å². The number of hydrazine groups is 1. The van der Waals surface area contributed by atoms with Crippen LogP contribution in [0.3, 0.4) is 0 Å². The molecule has 0 radical (unpaired) electrons. The van der Waals surface area contributed by atoms with Gasteiger partial charge in [-0.1, -0.05) is 5.10 Å². The predicted octanol–water partition coefficient (Wildman–Crippen LogP) is -1.48. The second-order valence-electron chi connectivity index (χ2n) is 1.71. The maximum absolute atomic E-state index is 5.33. The fourth-order valence-corrected chi connectivity index (χ4v) is 0.524. The number of hydrogen-bond acceptors (Lipinski definition) is 5. The summed E-state index contributed by atoms with van der Waals surface area (Å²) in [6.07, 6.45) is 0. The van der Waals surface area contributed by atoms with Gasteiger partial charge < -0.3 is 0 Å². The summed E-state index contributed by atoms with van der Waals surface area (Å²) in [5.74, 6) is 5.87. The van der Waals surface area contributed by atoms with Gasteiger partial charge in [-0.3, -0.25) is 5.01 Å². The van der Waals surface area contributed by atoms with Crippen LogP contribution in [0.1, 0.15) is 0 Å². The van der Waals surface area contributed by atoms with E-state index in [1.54, 1.807) is 14.1 Å². The van der Waals surface area contributed by atoms with Gasteiger partial charge in [0.25, 0.3) is 5.95 Å². The molecule has 50 valence electrons. The molecule has 6 nitrogen and oxygen atoms in total. The fraction of sp³-hybridized carbons (Fsp3) is 0.667. The number of aromatic nitrogens is 4. The zero-order valence-corrected chi connectivity index (χ0v) is 5.31. The van der Waals surface area contributed by atoms with Gasteiger partial charge in [0.1, 0.15) is 0 Å². The second-order valence-corrected chi connectivity index (χ2v) is 1.71. The molecule has 0 aromatic carbocycles. The normalized spacial score (nSPS) is 9.67. The van der Waals surface area contributed by atoms with Crippen molar-refractivity contribution in [2.75, 3.05) is 12.1 Å². The maximum atomic E-state index is 5.33. The molecule has 1 rings (SSSR count). The Labute approximate surface area is 52.2 Å². The van der Waals surface area contributed by atoms with Crippen LogP contribution in [0.2, 0.25) is 0 Å². The molecule has 1 aromatic heterocycles. The quantitative estimate of drug-likeness (QED) is 0.369. The monoisotopic (exact) mass is 128 g/mol. The molecule has 0 aliphatic heterocycles. The number of rotatable bonds is 1. The Bertz CT molecular complexity index is 190. The SMILES string of the molecule is CN(N)c1nnnn1C. The van der Waals surface area contributed by atoms with E-state index in [0.29, 0.717) is 5.95 Å². The molecule has 0 bridgehead atoms. The Balaban J connectivity index is 2.94. The first-order valence-corrected chi connectivity index (χ1v) is 2.42. The highest BCUT2D eigenvalue weighted by Crippen LogP contribution is 1.95. The van der Waals surface area contributed by atoms with E-state index in [1.165, 1.54) is 9.69 Å². The van der Waals surface area contributed by atoms with Gasteiger partial charge in [-0.25, -0.2) is 10.5 Å². The van der Waals surface area contributed by atoms with Gasteiger partial charge in [0, 0.05) is 14.1 Å². The Hall–Kier alpha value is -1.17. The minimum Gasteiger partial charge on any atom is -0.281 e. The van der Waals surface area contributed by atoms with Crippen LogP contribution in [0, 0.1) is 0 Å². The summed E-state index contributed by atoms with van der Waals surface area (Å²) in [4.78, 5) is 0. The topological polar surface area (TPSA) is 72.9 Å². The summed E-state index contributed by atoms with van der Waals surface area (Å²) in [5.41, 5.74) is 0. The average Bonchev–Trinajstić information content (AvgIpc) is 2.13. The van der Waals surface area contributed by atoms with Crippen LogP contribution >= 0.6 is 0 Å². The molecule has 0 unspecified atom stereocenters. The Morgan fingerprint density at radius 2 is 2.33 bits per heavy atom. The lowest BCUT2D eigenvalue weighted by Crippen LogP contribution is -2.28. The highest BCUT2D eigenvalue weighted by atomic mass is 15.6. The van der Waals surface area contributed by atoms with Gasteiger partial charge in [0.2, 0.25) is 0 Å². The first kappa shape index (κ1) is 5.96. The van der Waals surface area contributed by atoms with Crippen molar-refractivity contribution >= 4 is 5.95 Å². The largest absolute Gasteiger partial charge is 0.281 e. The molecule has 0 amide bonds. The lowest BCUT2D eigenvalue weighted by Gasteiger charge is -2.06. The summed E-state index contributed by atoms with van der Waals surface area (Å²) < 4.78 is 1.49. The summed E-state index contributed by atoms with van der Waals surface area (Å²) >= 11 is 0. The molecule has 0 spiro atoms. The van der Waals surface area contributed by atoms with Crippen molar-refractivity contribution in [1.82, 2.24) is 20.2 Å². The van der Waals surface area contributed by atoms with Crippen molar-refractivity contribution in [3.05, 3.63) is 0 Å². The molecule has 0 saturated heterocycles. The molecule has 1 aromatic rings. The third-order valence-corrected chi connectivity index (χ3v) is 0.913. The molecule has 0 atom stereocenters. The molecule has 0 aliphatic rings. The molecule has 6 heteroatoms. The van der Waals surface area contributed by atoms with E-state index in [-0.39, 0.29) is 0 Å². The molecular formula is C3H8N6. The molecule has 0 saturated carbocycles. The Morgan fingerprint density at radius 3 is 2.56 bits per heavy atom. The Kier molecular flexibility index (Phi) is 1.31. The van der Waals surface area contributed by atoms with Crippen molar-refractivity contribution < 1.29 is 0 Å². The summed E-state index contributed by atoms with van der Waals surface area (Å²) in [6.45, 7) is 0. The molecular weight excluding hydrogens is 120 g/mol. The summed E-state index contributed by atoms with van der Waals surface area (Å²) in [6, 6.07) is 0. The summed E-state index contributed by atoms with van der Waals surface area (Å²) in [5, 5.41) is 11.9. The van der Waals surface area contributed by atoms with E-state index in [1.807, 2.05) is 0 Å². The third kappa shape index (κ3) is 0.968. The van der Waals surface area contributed by atoms with Crippen molar-refractivity contribution in [2.45, 2.75) is 0 Å². The number of tetrazole rings is 1. The maximum Gasteiger partial charge on any atom is 0.259 e. The standard InChI is InChI=1S/C3H8N6/c1-8(4)3-5-6-7-9(3)2/h4H2,1-2H3. The second kappa shape index (κ2) is 1.98. The molecule has 9 heavy (non-hydrogen) atoms. The van der Waals surface area contributed by atoms with Crippen LogP contribution in [-0.2, 0) is 7.05 Å². The molecule has 0 aliphatic carbocycles. The molecule has 2 N–H and O–H groups in total. The zero-order chi connectivity index (χ0) is 6.85. The van der Waals surface area contributed by atoms with E-state index in [9.17, 15) is 0 Å². The lowest BCUT2D eigenvalue weighted by molar-refractivity contribution is 0.701. The Morgan fingerprint density at radius 1 is 1.67 bits per heavy atom.